The largest absolute Gasteiger partial charge is 0.481 e. The fraction of sp³-hybridized carbons (Fsp3) is 0.333. The van der Waals surface area contributed by atoms with Crippen LogP contribution in [0.1, 0.15) is 24.0 Å². The molecule has 0 heterocycles. The second-order valence-electron chi connectivity index (χ2n) is 3.95. The van der Waals surface area contributed by atoms with Crippen LogP contribution in [0.15, 0.2) is 23.1 Å². The molecule has 0 aliphatic heterocycles. The molecule has 0 spiro atoms. The lowest BCUT2D eigenvalue weighted by molar-refractivity contribution is -0.137. The molecule has 1 aromatic carbocycles. The van der Waals surface area contributed by atoms with Crippen molar-refractivity contribution in [3.63, 3.8) is 0 Å². The number of hydrogen-bond donors (Lipinski definition) is 2. The normalized spacial score (nSPS) is 10.9. The SMILES string of the molecule is Cc1cccc(S(=O)(=O)NCCCC(=O)O)c1C#N. The molecule has 0 aromatic heterocycles. The quantitative estimate of drug-likeness (QED) is 0.757. The Labute approximate surface area is 111 Å². The number of carbonyl (C=O) groups is 1. The lowest BCUT2D eigenvalue weighted by atomic mass is 10.1. The molecule has 0 aliphatic rings. The van der Waals surface area contributed by atoms with E-state index in [1.165, 1.54) is 6.07 Å². The van der Waals surface area contributed by atoms with Gasteiger partial charge in [0.25, 0.3) is 0 Å². The highest BCUT2D eigenvalue weighted by atomic mass is 32.2. The number of nitrogens with one attached hydrogen (secondary N) is 1. The average molecular weight is 282 g/mol. The maximum Gasteiger partial charge on any atom is 0.303 e. The average Bonchev–Trinajstić information content (AvgIpc) is 2.34. The van der Waals surface area contributed by atoms with Gasteiger partial charge in [-0.3, -0.25) is 4.79 Å². The van der Waals surface area contributed by atoms with Gasteiger partial charge in [-0.05, 0) is 25.0 Å². The first-order valence-corrected chi connectivity index (χ1v) is 7.08. The number of nitrogens with zero attached hydrogens (tertiary/aromatic N) is 1. The molecule has 0 saturated carbocycles. The molecule has 0 amide bonds. The van der Waals surface area contributed by atoms with Crippen LogP contribution in [0.4, 0.5) is 0 Å². The van der Waals surface area contributed by atoms with Crippen molar-refractivity contribution in [2.24, 2.45) is 0 Å². The Hall–Kier alpha value is -1.91. The van der Waals surface area contributed by atoms with Crippen LogP contribution in [0.25, 0.3) is 0 Å². The Morgan fingerprint density at radius 2 is 2.16 bits per heavy atom. The van der Waals surface area contributed by atoms with Gasteiger partial charge in [0.2, 0.25) is 10.0 Å². The summed E-state index contributed by atoms with van der Waals surface area (Å²) in [5.41, 5.74) is 0.684. The number of aliphatic carboxylic acids is 1. The van der Waals surface area contributed by atoms with Crippen LogP contribution in [0, 0.1) is 18.3 Å². The number of sulfonamides is 1. The molecule has 1 rings (SSSR count). The van der Waals surface area contributed by atoms with E-state index in [1.54, 1.807) is 19.1 Å². The molecule has 0 saturated heterocycles. The van der Waals surface area contributed by atoms with Gasteiger partial charge in [0.1, 0.15) is 6.07 Å². The highest BCUT2D eigenvalue weighted by Crippen LogP contribution is 2.18. The van der Waals surface area contributed by atoms with E-state index in [9.17, 15) is 13.2 Å². The Balaban J connectivity index is 2.87. The van der Waals surface area contributed by atoms with Crippen LogP contribution in [-0.4, -0.2) is 26.0 Å². The lowest BCUT2D eigenvalue weighted by Crippen LogP contribution is -2.26. The molecule has 0 atom stereocenters. The lowest BCUT2D eigenvalue weighted by Gasteiger charge is -2.09. The monoisotopic (exact) mass is 282 g/mol. The molecule has 1 aromatic rings. The van der Waals surface area contributed by atoms with E-state index >= 15 is 0 Å². The minimum Gasteiger partial charge on any atom is -0.481 e. The molecule has 0 fully saturated rings. The molecule has 0 unspecified atom stereocenters. The van der Waals surface area contributed by atoms with Crippen molar-refractivity contribution >= 4 is 16.0 Å². The van der Waals surface area contributed by atoms with Crippen molar-refractivity contribution in [3.05, 3.63) is 29.3 Å². The van der Waals surface area contributed by atoms with E-state index in [2.05, 4.69) is 4.72 Å². The number of benzene rings is 1. The Kier molecular flexibility index (Phi) is 5.03. The maximum atomic E-state index is 12.0. The third kappa shape index (κ3) is 4.05. The van der Waals surface area contributed by atoms with E-state index in [1.807, 2.05) is 6.07 Å². The summed E-state index contributed by atoms with van der Waals surface area (Å²) in [6.45, 7) is 1.68. The number of hydrogen-bond acceptors (Lipinski definition) is 4. The molecule has 7 heteroatoms. The topological polar surface area (TPSA) is 107 Å². The Morgan fingerprint density at radius 1 is 1.47 bits per heavy atom. The van der Waals surface area contributed by atoms with Crippen LogP contribution < -0.4 is 4.72 Å². The maximum absolute atomic E-state index is 12.0. The summed E-state index contributed by atoms with van der Waals surface area (Å²) in [7, 11) is -3.79. The van der Waals surface area contributed by atoms with Gasteiger partial charge in [0, 0.05) is 13.0 Å². The molecule has 0 bridgehead atoms. The number of aryl methyl sites for hydroxylation is 1. The van der Waals surface area contributed by atoms with E-state index in [0.717, 1.165) is 0 Å². The van der Waals surface area contributed by atoms with Gasteiger partial charge < -0.3 is 5.11 Å². The second-order valence-corrected chi connectivity index (χ2v) is 5.69. The predicted molar refractivity (Wildman–Crippen MR) is 68.0 cm³/mol. The molecule has 2 N–H and O–H groups in total. The Morgan fingerprint density at radius 3 is 2.74 bits per heavy atom. The van der Waals surface area contributed by atoms with Gasteiger partial charge in [-0.15, -0.1) is 0 Å². The van der Waals surface area contributed by atoms with Gasteiger partial charge >= 0.3 is 5.97 Å². The molecular weight excluding hydrogens is 268 g/mol. The number of rotatable bonds is 6. The first-order chi connectivity index (χ1) is 8.88. The van der Waals surface area contributed by atoms with E-state index in [0.29, 0.717) is 5.56 Å². The minimum atomic E-state index is -3.79. The number of nitriles is 1. The zero-order valence-corrected chi connectivity index (χ0v) is 11.2. The van der Waals surface area contributed by atoms with Gasteiger partial charge in [-0.25, -0.2) is 13.1 Å². The van der Waals surface area contributed by atoms with Crippen molar-refractivity contribution in [2.45, 2.75) is 24.7 Å². The van der Waals surface area contributed by atoms with Gasteiger partial charge in [-0.1, -0.05) is 12.1 Å². The molecule has 0 radical (unpaired) electrons. The Bertz CT molecular complexity index is 617. The van der Waals surface area contributed by atoms with Crippen molar-refractivity contribution in [3.8, 4) is 6.07 Å². The molecule has 0 aliphatic carbocycles. The summed E-state index contributed by atoms with van der Waals surface area (Å²) in [4.78, 5) is 10.2. The summed E-state index contributed by atoms with van der Waals surface area (Å²) >= 11 is 0. The number of carboxylic acid groups (broad SMARTS) is 1. The van der Waals surface area contributed by atoms with Crippen molar-refractivity contribution in [2.75, 3.05) is 6.54 Å². The minimum absolute atomic E-state index is 0.0213. The third-order valence-electron chi connectivity index (χ3n) is 2.50. The summed E-state index contributed by atoms with van der Waals surface area (Å²) in [5.74, 6) is -0.979. The molecule has 102 valence electrons. The van der Waals surface area contributed by atoms with Crippen LogP contribution in [0.5, 0.6) is 0 Å². The van der Waals surface area contributed by atoms with E-state index < -0.39 is 16.0 Å². The summed E-state index contributed by atoms with van der Waals surface area (Å²) in [6.07, 6.45) is 0.0870. The summed E-state index contributed by atoms with van der Waals surface area (Å²) in [5, 5.41) is 17.4. The zero-order valence-electron chi connectivity index (χ0n) is 10.4. The summed E-state index contributed by atoms with van der Waals surface area (Å²) in [6, 6.07) is 6.43. The highest BCUT2D eigenvalue weighted by Gasteiger charge is 2.19. The zero-order chi connectivity index (χ0) is 14.5. The van der Waals surface area contributed by atoms with Crippen LogP contribution in [-0.2, 0) is 14.8 Å². The first kappa shape index (κ1) is 15.1. The predicted octanol–water partition coefficient (Wildman–Crippen LogP) is 1.01. The molecule has 19 heavy (non-hydrogen) atoms. The van der Waals surface area contributed by atoms with Crippen LogP contribution >= 0.6 is 0 Å². The smallest absolute Gasteiger partial charge is 0.303 e. The van der Waals surface area contributed by atoms with E-state index in [-0.39, 0.29) is 29.8 Å². The highest BCUT2D eigenvalue weighted by molar-refractivity contribution is 7.89. The summed E-state index contributed by atoms with van der Waals surface area (Å²) < 4.78 is 26.3. The number of carboxylic acids is 1. The van der Waals surface area contributed by atoms with E-state index in [4.69, 9.17) is 10.4 Å². The standard InChI is InChI=1S/C12H14N2O4S/c1-9-4-2-5-11(10(9)8-13)19(17,18)14-7-3-6-12(15)16/h2,4-5,14H,3,6-7H2,1H3,(H,15,16). The van der Waals surface area contributed by atoms with Crippen molar-refractivity contribution in [1.29, 1.82) is 5.26 Å². The third-order valence-corrected chi connectivity index (χ3v) is 4.00. The van der Waals surface area contributed by atoms with Crippen LogP contribution in [0.2, 0.25) is 0 Å². The van der Waals surface area contributed by atoms with Crippen LogP contribution in [0.3, 0.4) is 0 Å². The second kappa shape index (κ2) is 6.31. The van der Waals surface area contributed by atoms with Crippen molar-refractivity contribution in [1.82, 2.24) is 4.72 Å². The van der Waals surface area contributed by atoms with Crippen molar-refractivity contribution < 1.29 is 18.3 Å². The fourth-order valence-electron chi connectivity index (χ4n) is 1.53. The first-order valence-electron chi connectivity index (χ1n) is 5.59. The fourth-order valence-corrected chi connectivity index (χ4v) is 2.83. The van der Waals surface area contributed by atoms with Gasteiger partial charge in [0.05, 0.1) is 10.5 Å². The molecular formula is C12H14N2O4S. The van der Waals surface area contributed by atoms with Gasteiger partial charge in [-0.2, -0.15) is 5.26 Å². The van der Waals surface area contributed by atoms with Gasteiger partial charge in [0.15, 0.2) is 0 Å². The molecule has 6 nitrogen and oxygen atoms in total.